The van der Waals surface area contributed by atoms with Crippen LogP contribution in [0, 0.1) is 5.82 Å². The summed E-state index contributed by atoms with van der Waals surface area (Å²) < 4.78 is 44.9. The van der Waals surface area contributed by atoms with Crippen LogP contribution in [0.4, 0.5) is 4.39 Å². The minimum Gasteiger partial charge on any atom is -0.455 e. The van der Waals surface area contributed by atoms with Gasteiger partial charge < -0.3 is 15.1 Å². The van der Waals surface area contributed by atoms with Crippen LogP contribution in [0.2, 0.25) is 0 Å². The van der Waals surface area contributed by atoms with E-state index in [1.54, 1.807) is 24.3 Å². The largest absolute Gasteiger partial charge is 0.455 e. The smallest absolute Gasteiger partial charge is 0.255 e. The molecule has 1 heterocycles. The third kappa shape index (κ3) is 6.20. The lowest BCUT2D eigenvalue weighted by Gasteiger charge is -2.17. The minimum atomic E-state index is -3.55. The maximum absolute atomic E-state index is 13.7. The van der Waals surface area contributed by atoms with Crippen molar-refractivity contribution in [1.29, 1.82) is 0 Å². The van der Waals surface area contributed by atoms with Crippen molar-refractivity contribution in [3.8, 4) is 22.5 Å². The summed E-state index contributed by atoms with van der Waals surface area (Å²) in [6.07, 6.45) is 3.79. The number of benzene rings is 3. The Hall–Kier alpha value is -3.98. The van der Waals surface area contributed by atoms with Gasteiger partial charge >= 0.3 is 0 Å². The predicted molar refractivity (Wildman–Crippen MR) is 151 cm³/mol. The van der Waals surface area contributed by atoms with Gasteiger partial charge in [-0.15, -0.1) is 0 Å². The molecule has 3 aromatic carbocycles. The standard InChI is InChI=1S/C30H31FN2O5S/c1-4-5-9-16-33-30(35)25-21(18-39(3,36)37)17-23-26(24(25)19-10-7-6-8-11-19)27(29(34)32-2)28(38-23)20-12-14-22(31)15-13-20/h6-8,10-15,17H,4-5,9,16,18H2,1-3H3,(H,32,34)(H,33,35). The zero-order valence-corrected chi connectivity index (χ0v) is 23.0. The summed E-state index contributed by atoms with van der Waals surface area (Å²) >= 11 is 0. The van der Waals surface area contributed by atoms with Crippen LogP contribution in [-0.4, -0.2) is 40.1 Å². The van der Waals surface area contributed by atoms with Crippen molar-refractivity contribution in [3.05, 3.63) is 83.2 Å². The van der Waals surface area contributed by atoms with Crippen molar-refractivity contribution in [2.75, 3.05) is 19.8 Å². The number of carbonyl (C=O) groups excluding carboxylic acids is 2. The fourth-order valence-corrected chi connectivity index (χ4v) is 5.47. The molecule has 0 unspecified atom stereocenters. The van der Waals surface area contributed by atoms with Crippen LogP contribution in [0.15, 0.2) is 65.1 Å². The number of hydrogen-bond acceptors (Lipinski definition) is 5. The van der Waals surface area contributed by atoms with Crippen molar-refractivity contribution in [3.63, 3.8) is 0 Å². The van der Waals surface area contributed by atoms with Crippen LogP contribution in [0.3, 0.4) is 0 Å². The molecule has 1 aromatic heterocycles. The molecule has 0 saturated heterocycles. The van der Waals surface area contributed by atoms with Crippen molar-refractivity contribution in [2.24, 2.45) is 0 Å². The second-order valence-electron chi connectivity index (χ2n) is 9.45. The van der Waals surface area contributed by atoms with E-state index in [4.69, 9.17) is 4.42 Å². The quantitative estimate of drug-likeness (QED) is 0.245. The summed E-state index contributed by atoms with van der Waals surface area (Å²) in [6.45, 7) is 2.48. The average Bonchev–Trinajstić information content (AvgIpc) is 3.28. The molecule has 0 radical (unpaired) electrons. The molecule has 0 spiro atoms. The van der Waals surface area contributed by atoms with Gasteiger partial charge in [-0.05, 0) is 47.9 Å². The molecule has 0 atom stereocenters. The lowest BCUT2D eigenvalue weighted by atomic mass is 9.89. The first kappa shape index (κ1) is 28.0. The zero-order valence-electron chi connectivity index (χ0n) is 22.1. The highest BCUT2D eigenvalue weighted by atomic mass is 32.2. The molecule has 0 fully saturated rings. The Morgan fingerprint density at radius 3 is 2.23 bits per heavy atom. The van der Waals surface area contributed by atoms with E-state index >= 15 is 0 Å². The van der Waals surface area contributed by atoms with Crippen molar-refractivity contribution in [2.45, 2.75) is 31.9 Å². The number of unbranched alkanes of at least 4 members (excludes halogenated alkanes) is 2. The Morgan fingerprint density at radius 2 is 1.62 bits per heavy atom. The molecule has 2 amide bonds. The van der Waals surface area contributed by atoms with Crippen molar-refractivity contribution < 1.29 is 26.8 Å². The lowest BCUT2D eigenvalue weighted by molar-refractivity contribution is 0.0947. The Morgan fingerprint density at radius 1 is 0.923 bits per heavy atom. The summed E-state index contributed by atoms with van der Waals surface area (Å²) in [7, 11) is -2.07. The molecule has 0 bridgehead atoms. The molecule has 4 rings (SSSR count). The average molecular weight is 551 g/mol. The van der Waals surface area contributed by atoms with Gasteiger partial charge in [0.1, 0.15) is 17.2 Å². The Kier molecular flexibility index (Phi) is 8.50. The van der Waals surface area contributed by atoms with Crippen LogP contribution >= 0.6 is 0 Å². The van der Waals surface area contributed by atoms with Gasteiger partial charge in [0.05, 0.1) is 16.9 Å². The normalized spacial score (nSPS) is 11.5. The molecule has 2 N–H and O–H groups in total. The number of furan rings is 1. The van der Waals surface area contributed by atoms with Gasteiger partial charge in [-0.25, -0.2) is 12.8 Å². The van der Waals surface area contributed by atoms with E-state index in [0.29, 0.717) is 28.6 Å². The predicted octanol–water partition coefficient (Wildman–Crippen LogP) is 5.73. The van der Waals surface area contributed by atoms with E-state index in [1.165, 1.54) is 37.4 Å². The third-order valence-electron chi connectivity index (χ3n) is 6.40. The van der Waals surface area contributed by atoms with Crippen LogP contribution in [0.5, 0.6) is 0 Å². The maximum atomic E-state index is 13.7. The molecule has 39 heavy (non-hydrogen) atoms. The fraction of sp³-hybridized carbons (Fsp3) is 0.267. The number of nitrogens with one attached hydrogen (secondary N) is 2. The molecule has 7 nitrogen and oxygen atoms in total. The number of hydrogen-bond donors (Lipinski definition) is 2. The highest BCUT2D eigenvalue weighted by molar-refractivity contribution is 7.89. The molecule has 0 aliphatic rings. The molecule has 0 saturated carbocycles. The van der Waals surface area contributed by atoms with E-state index in [-0.39, 0.29) is 28.0 Å². The number of amides is 2. The highest BCUT2D eigenvalue weighted by Gasteiger charge is 2.30. The number of rotatable bonds is 10. The van der Waals surface area contributed by atoms with Crippen molar-refractivity contribution >= 4 is 32.6 Å². The lowest BCUT2D eigenvalue weighted by Crippen LogP contribution is -2.27. The second kappa shape index (κ2) is 11.8. The van der Waals surface area contributed by atoms with Gasteiger partial charge in [0, 0.05) is 36.4 Å². The van der Waals surface area contributed by atoms with Gasteiger partial charge in [-0.1, -0.05) is 50.1 Å². The molecule has 4 aromatic rings. The van der Waals surface area contributed by atoms with Gasteiger partial charge in [-0.3, -0.25) is 9.59 Å². The molecular formula is C30H31FN2O5S. The summed E-state index contributed by atoms with van der Waals surface area (Å²) in [5.74, 6) is -1.55. The second-order valence-corrected chi connectivity index (χ2v) is 11.6. The van der Waals surface area contributed by atoms with Crippen LogP contribution in [-0.2, 0) is 15.6 Å². The van der Waals surface area contributed by atoms with Gasteiger partial charge in [0.2, 0.25) is 0 Å². The van der Waals surface area contributed by atoms with Gasteiger partial charge in [0.25, 0.3) is 11.8 Å². The number of carbonyl (C=O) groups is 2. The van der Waals surface area contributed by atoms with E-state index < -0.39 is 33.2 Å². The van der Waals surface area contributed by atoms with Crippen LogP contribution in [0.1, 0.15) is 52.5 Å². The maximum Gasteiger partial charge on any atom is 0.255 e. The van der Waals surface area contributed by atoms with E-state index in [1.807, 2.05) is 6.07 Å². The Balaban J connectivity index is 2.12. The molecular weight excluding hydrogens is 519 g/mol. The monoisotopic (exact) mass is 550 g/mol. The molecule has 0 aliphatic carbocycles. The Bertz CT molecular complexity index is 1610. The molecule has 204 valence electrons. The van der Waals surface area contributed by atoms with Gasteiger partial charge in [0.15, 0.2) is 9.84 Å². The molecule has 9 heteroatoms. The number of fused-ring (bicyclic) bond motifs is 1. The first-order valence-corrected chi connectivity index (χ1v) is 14.8. The summed E-state index contributed by atoms with van der Waals surface area (Å²) in [5, 5.41) is 5.95. The summed E-state index contributed by atoms with van der Waals surface area (Å²) in [6, 6.07) is 16.1. The van der Waals surface area contributed by atoms with E-state index in [2.05, 4.69) is 17.6 Å². The molecule has 0 aliphatic heterocycles. The summed E-state index contributed by atoms with van der Waals surface area (Å²) in [5.41, 5.74) is 2.33. The van der Waals surface area contributed by atoms with E-state index in [0.717, 1.165) is 25.5 Å². The van der Waals surface area contributed by atoms with Gasteiger partial charge in [-0.2, -0.15) is 0 Å². The zero-order chi connectivity index (χ0) is 28.2. The van der Waals surface area contributed by atoms with Crippen LogP contribution in [0.25, 0.3) is 33.4 Å². The fourth-order valence-electron chi connectivity index (χ4n) is 4.68. The van der Waals surface area contributed by atoms with Crippen LogP contribution < -0.4 is 10.6 Å². The van der Waals surface area contributed by atoms with Crippen molar-refractivity contribution in [1.82, 2.24) is 10.6 Å². The summed E-state index contributed by atoms with van der Waals surface area (Å²) in [4.78, 5) is 27.1. The van der Waals surface area contributed by atoms with E-state index in [9.17, 15) is 22.4 Å². The Labute approximate surface area is 227 Å². The highest BCUT2D eigenvalue weighted by Crippen LogP contribution is 2.43. The topological polar surface area (TPSA) is 105 Å². The first-order valence-electron chi connectivity index (χ1n) is 12.8. The SMILES string of the molecule is CCCCCNC(=O)c1c(CS(C)(=O)=O)cc2oc(-c3ccc(F)cc3)c(C(=O)NC)c2c1-c1ccccc1. The third-order valence-corrected chi connectivity index (χ3v) is 7.23. The number of halogens is 1. The number of sulfone groups is 1. The minimum absolute atomic E-state index is 0.170. The first-order chi connectivity index (χ1) is 18.6.